The van der Waals surface area contributed by atoms with Crippen LogP contribution in [-0.4, -0.2) is 16.5 Å². The normalized spacial score (nSPS) is 10.7. The van der Waals surface area contributed by atoms with E-state index >= 15 is 0 Å². The van der Waals surface area contributed by atoms with Gasteiger partial charge in [-0.3, -0.25) is 9.97 Å². The van der Waals surface area contributed by atoms with Crippen molar-refractivity contribution in [2.75, 3.05) is 6.54 Å². The second kappa shape index (κ2) is 5.67. The number of hydrogen-bond acceptors (Lipinski definition) is 4. The Morgan fingerprint density at radius 2 is 2.00 bits per heavy atom. The lowest BCUT2D eigenvalue weighted by Crippen LogP contribution is -2.03. The summed E-state index contributed by atoms with van der Waals surface area (Å²) in [7, 11) is 0. The molecule has 0 radical (unpaired) electrons. The highest BCUT2D eigenvalue weighted by Gasteiger charge is 2.02. The zero-order valence-corrected chi connectivity index (χ0v) is 11.0. The highest BCUT2D eigenvalue weighted by atomic mass is 16.5. The third-order valence-electron chi connectivity index (χ3n) is 3.02. The van der Waals surface area contributed by atoms with Gasteiger partial charge in [-0.15, -0.1) is 0 Å². The second-order valence-electron chi connectivity index (χ2n) is 4.53. The van der Waals surface area contributed by atoms with Gasteiger partial charge in [0.25, 0.3) is 0 Å². The Morgan fingerprint density at radius 3 is 2.90 bits per heavy atom. The average molecular weight is 265 g/mol. The molecule has 2 N–H and O–H groups in total. The first-order chi connectivity index (χ1) is 9.85. The number of pyridine rings is 2. The number of nitrogens with two attached hydrogens (primary N) is 1. The molecule has 0 spiro atoms. The third kappa shape index (κ3) is 2.75. The van der Waals surface area contributed by atoms with Crippen LogP contribution in [0.3, 0.4) is 0 Å². The van der Waals surface area contributed by atoms with Gasteiger partial charge < -0.3 is 10.5 Å². The topological polar surface area (TPSA) is 61.0 Å². The van der Waals surface area contributed by atoms with Crippen molar-refractivity contribution in [3.05, 3.63) is 60.6 Å². The summed E-state index contributed by atoms with van der Waals surface area (Å²) in [6.45, 7) is 0.602. The summed E-state index contributed by atoms with van der Waals surface area (Å²) in [5, 5.41) is 1.09. The smallest absolute Gasteiger partial charge is 0.145 e. The van der Waals surface area contributed by atoms with E-state index in [4.69, 9.17) is 10.5 Å². The van der Waals surface area contributed by atoms with Crippen molar-refractivity contribution in [1.82, 2.24) is 9.97 Å². The highest BCUT2D eigenvalue weighted by Crippen LogP contribution is 2.24. The van der Waals surface area contributed by atoms with Crippen LogP contribution in [0.2, 0.25) is 0 Å². The van der Waals surface area contributed by atoms with Crippen LogP contribution in [0, 0.1) is 0 Å². The SMILES string of the molecule is NCCc1cncc(Oc2ccc3cccnc3c2)c1. The van der Waals surface area contributed by atoms with Crippen LogP contribution in [0.15, 0.2) is 55.0 Å². The summed E-state index contributed by atoms with van der Waals surface area (Å²) >= 11 is 0. The van der Waals surface area contributed by atoms with Crippen LogP contribution in [-0.2, 0) is 6.42 Å². The van der Waals surface area contributed by atoms with Gasteiger partial charge in [-0.2, -0.15) is 0 Å². The van der Waals surface area contributed by atoms with E-state index in [0.29, 0.717) is 12.3 Å². The molecule has 0 amide bonds. The predicted molar refractivity (Wildman–Crippen MR) is 78.8 cm³/mol. The van der Waals surface area contributed by atoms with Gasteiger partial charge in [0, 0.05) is 23.8 Å². The van der Waals surface area contributed by atoms with Crippen LogP contribution >= 0.6 is 0 Å². The maximum Gasteiger partial charge on any atom is 0.145 e. The minimum absolute atomic E-state index is 0.602. The highest BCUT2D eigenvalue weighted by molar-refractivity contribution is 5.79. The molecule has 3 aromatic rings. The van der Waals surface area contributed by atoms with Crippen LogP contribution in [0.4, 0.5) is 0 Å². The molecule has 0 saturated heterocycles. The molecule has 0 bridgehead atoms. The average Bonchev–Trinajstić information content (AvgIpc) is 2.48. The number of aromatic nitrogens is 2. The van der Waals surface area contributed by atoms with Crippen LogP contribution in [0.5, 0.6) is 11.5 Å². The Labute approximate surface area is 117 Å². The van der Waals surface area contributed by atoms with Crippen molar-refractivity contribution in [3.8, 4) is 11.5 Å². The Bertz CT molecular complexity index is 727. The van der Waals surface area contributed by atoms with Gasteiger partial charge in [-0.25, -0.2) is 0 Å². The molecule has 100 valence electrons. The van der Waals surface area contributed by atoms with E-state index in [2.05, 4.69) is 9.97 Å². The van der Waals surface area contributed by atoms with Crippen molar-refractivity contribution >= 4 is 10.9 Å². The fraction of sp³-hybridized carbons (Fsp3) is 0.125. The van der Waals surface area contributed by atoms with E-state index in [1.165, 1.54) is 0 Å². The van der Waals surface area contributed by atoms with Crippen molar-refractivity contribution in [2.24, 2.45) is 5.73 Å². The fourth-order valence-electron chi connectivity index (χ4n) is 2.07. The molecule has 0 saturated carbocycles. The lowest BCUT2D eigenvalue weighted by atomic mass is 10.2. The summed E-state index contributed by atoms with van der Waals surface area (Å²) in [4.78, 5) is 8.48. The lowest BCUT2D eigenvalue weighted by Gasteiger charge is -2.07. The third-order valence-corrected chi connectivity index (χ3v) is 3.02. The summed E-state index contributed by atoms with van der Waals surface area (Å²) in [6, 6.07) is 11.8. The molecule has 0 fully saturated rings. The molecule has 0 atom stereocenters. The van der Waals surface area contributed by atoms with E-state index in [1.54, 1.807) is 12.4 Å². The lowest BCUT2D eigenvalue weighted by molar-refractivity contribution is 0.480. The summed E-state index contributed by atoms with van der Waals surface area (Å²) in [5.74, 6) is 1.47. The molecule has 0 unspecified atom stereocenters. The standard InChI is InChI=1S/C16H15N3O/c17-6-5-12-8-15(11-18-10-12)20-14-4-3-13-2-1-7-19-16(13)9-14/h1-4,7-11H,5-6,17H2. The van der Waals surface area contributed by atoms with E-state index in [-0.39, 0.29) is 0 Å². The first-order valence-electron chi connectivity index (χ1n) is 6.52. The molecule has 0 aliphatic rings. The number of hydrogen-bond donors (Lipinski definition) is 1. The molecule has 2 heterocycles. The minimum atomic E-state index is 0.602. The van der Waals surface area contributed by atoms with Crippen molar-refractivity contribution in [2.45, 2.75) is 6.42 Å². The van der Waals surface area contributed by atoms with E-state index in [0.717, 1.165) is 28.6 Å². The number of rotatable bonds is 4. The zero-order chi connectivity index (χ0) is 13.8. The molecule has 2 aromatic heterocycles. The molecular formula is C16H15N3O. The van der Waals surface area contributed by atoms with Gasteiger partial charge >= 0.3 is 0 Å². The summed E-state index contributed by atoms with van der Waals surface area (Å²) < 4.78 is 5.83. The van der Waals surface area contributed by atoms with Crippen LogP contribution in [0.25, 0.3) is 10.9 Å². The Balaban J connectivity index is 1.87. The second-order valence-corrected chi connectivity index (χ2v) is 4.53. The number of nitrogens with zero attached hydrogens (tertiary/aromatic N) is 2. The molecule has 20 heavy (non-hydrogen) atoms. The van der Waals surface area contributed by atoms with Gasteiger partial charge in [0.05, 0.1) is 11.7 Å². The first-order valence-corrected chi connectivity index (χ1v) is 6.52. The largest absolute Gasteiger partial charge is 0.456 e. The molecule has 4 heteroatoms. The van der Waals surface area contributed by atoms with Gasteiger partial charge in [-0.05, 0) is 42.8 Å². The molecule has 4 nitrogen and oxygen atoms in total. The fourth-order valence-corrected chi connectivity index (χ4v) is 2.07. The zero-order valence-electron chi connectivity index (χ0n) is 11.0. The molecule has 0 aliphatic carbocycles. The first kappa shape index (κ1) is 12.6. The Morgan fingerprint density at radius 1 is 1.05 bits per heavy atom. The molecular weight excluding hydrogens is 250 g/mol. The van der Waals surface area contributed by atoms with E-state index in [9.17, 15) is 0 Å². The van der Waals surface area contributed by atoms with Crippen LogP contribution < -0.4 is 10.5 Å². The summed E-state index contributed by atoms with van der Waals surface area (Å²) in [6.07, 6.45) is 6.07. The number of fused-ring (bicyclic) bond motifs is 1. The molecule has 0 aliphatic heterocycles. The van der Waals surface area contributed by atoms with E-state index < -0.39 is 0 Å². The van der Waals surface area contributed by atoms with Crippen LogP contribution in [0.1, 0.15) is 5.56 Å². The van der Waals surface area contributed by atoms with Gasteiger partial charge in [-0.1, -0.05) is 6.07 Å². The van der Waals surface area contributed by atoms with Gasteiger partial charge in [0.2, 0.25) is 0 Å². The Hall–Kier alpha value is -2.46. The van der Waals surface area contributed by atoms with Gasteiger partial charge in [0.15, 0.2) is 0 Å². The van der Waals surface area contributed by atoms with Crippen molar-refractivity contribution in [3.63, 3.8) is 0 Å². The van der Waals surface area contributed by atoms with E-state index in [1.807, 2.05) is 42.6 Å². The van der Waals surface area contributed by atoms with Gasteiger partial charge in [0.1, 0.15) is 11.5 Å². The number of ether oxygens (including phenoxy) is 1. The van der Waals surface area contributed by atoms with Crippen molar-refractivity contribution in [1.29, 1.82) is 0 Å². The molecule has 3 rings (SSSR count). The minimum Gasteiger partial charge on any atom is -0.456 e. The maximum absolute atomic E-state index is 5.83. The molecule has 1 aromatic carbocycles. The summed E-state index contributed by atoms with van der Waals surface area (Å²) in [5.41, 5.74) is 7.53. The predicted octanol–water partition coefficient (Wildman–Crippen LogP) is 2.92. The maximum atomic E-state index is 5.83. The number of benzene rings is 1. The van der Waals surface area contributed by atoms with Crippen molar-refractivity contribution < 1.29 is 4.74 Å². The Kier molecular flexibility index (Phi) is 3.56. The quantitative estimate of drug-likeness (QED) is 0.788. The monoisotopic (exact) mass is 265 g/mol.